The van der Waals surface area contributed by atoms with Gasteiger partial charge in [0, 0.05) is 0 Å². The Balaban J connectivity index is 2.42. The van der Waals surface area contributed by atoms with Crippen LogP contribution in [0.2, 0.25) is 0 Å². The monoisotopic (exact) mass is 348 g/mol. The van der Waals surface area contributed by atoms with Gasteiger partial charge in [0.15, 0.2) is 6.04 Å². The fourth-order valence-electron chi connectivity index (χ4n) is 1.56. The number of halogens is 3. The number of amides is 4. The van der Waals surface area contributed by atoms with E-state index in [1.54, 1.807) is 0 Å². The van der Waals surface area contributed by atoms with Crippen molar-refractivity contribution < 1.29 is 32.3 Å². The third-order valence-electron chi connectivity index (χ3n) is 2.66. The zero-order chi connectivity index (χ0) is 18.3. The summed E-state index contributed by atoms with van der Waals surface area (Å²) < 4.78 is 42.6. The van der Waals surface area contributed by atoms with Crippen molar-refractivity contribution in [1.82, 2.24) is 10.6 Å². The molecule has 1 rings (SSSR count). The number of urea groups is 1. The lowest BCUT2D eigenvalue weighted by atomic mass is 10.2. The van der Waals surface area contributed by atoms with Gasteiger partial charge in [0.05, 0.1) is 12.1 Å². The Hall–Kier alpha value is -2.98. The molecule has 0 radical (unpaired) electrons. The molecule has 0 saturated carbocycles. The number of primary amides is 2. The van der Waals surface area contributed by atoms with Gasteiger partial charge in [-0.15, -0.1) is 0 Å². The molecule has 0 aliphatic carbocycles. The number of hydrogen-bond acceptors (Lipinski definition) is 4. The van der Waals surface area contributed by atoms with Gasteiger partial charge >= 0.3 is 12.2 Å². The van der Waals surface area contributed by atoms with Gasteiger partial charge in [0.1, 0.15) is 12.4 Å². The maximum Gasteiger partial charge on any atom is 0.416 e. The Bertz CT molecular complexity index is 607. The number of hydrogen-bond donors (Lipinski definition) is 4. The summed E-state index contributed by atoms with van der Waals surface area (Å²) in [7, 11) is 0. The molecule has 0 aromatic heterocycles. The Labute approximate surface area is 134 Å². The summed E-state index contributed by atoms with van der Waals surface area (Å²) in [6, 6.07) is 1.64. The van der Waals surface area contributed by atoms with E-state index in [0.29, 0.717) is 0 Å². The fraction of sp³-hybridized carbons (Fsp3) is 0.308. The number of carbonyl (C=O) groups excluding carboxylic acids is 3. The van der Waals surface area contributed by atoms with Crippen molar-refractivity contribution in [2.24, 2.45) is 11.5 Å². The molecule has 4 amide bonds. The van der Waals surface area contributed by atoms with E-state index in [2.05, 4.69) is 5.32 Å². The number of rotatable bonds is 7. The van der Waals surface area contributed by atoms with Gasteiger partial charge in [0.2, 0.25) is 11.8 Å². The molecule has 0 saturated heterocycles. The van der Waals surface area contributed by atoms with Crippen LogP contribution in [0.4, 0.5) is 18.0 Å². The largest absolute Gasteiger partial charge is 0.492 e. The number of carbonyl (C=O) groups is 3. The number of nitrogens with two attached hydrogens (primary N) is 2. The van der Waals surface area contributed by atoms with Crippen molar-refractivity contribution in [3.63, 3.8) is 0 Å². The predicted octanol–water partition coefficient (Wildman–Crippen LogP) is -0.277. The minimum absolute atomic E-state index is 0.0285. The first kappa shape index (κ1) is 19.1. The SMILES string of the molecule is NC(=O)C(NC(=O)NCCOc1cccc(C(F)(F)F)c1)C(N)=O. The number of nitrogens with one attached hydrogen (secondary N) is 2. The van der Waals surface area contributed by atoms with E-state index in [1.165, 1.54) is 12.1 Å². The molecule has 0 unspecified atom stereocenters. The highest BCUT2D eigenvalue weighted by Gasteiger charge is 2.30. The lowest BCUT2D eigenvalue weighted by Crippen LogP contribution is -2.55. The quantitative estimate of drug-likeness (QED) is 0.398. The lowest BCUT2D eigenvalue weighted by Gasteiger charge is -2.13. The number of benzene rings is 1. The molecule has 0 spiro atoms. The maximum atomic E-state index is 12.5. The van der Waals surface area contributed by atoms with Crippen LogP contribution in [0.1, 0.15) is 5.56 Å². The third kappa shape index (κ3) is 6.02. The van der Waals surface area contributed by atoms with Crippen LogP contribution in [0, 0.1) is 0 Å². The van der Waals surface area contributed by atoms with Gasteiger partial charge in [-0.1, -0.05) is 6.07 Å². The Morgan fingerprint density at radius 1 is 1.17 bits per heavy atom. The highest BCUT2D eigenvalue weighted by molar-refractivity contribution is 6.05. The van der Waals surface area contributed by atoms with Gasteiger partial charge in [-0.3, -0.25) is 9.59 Å². The lowest BCUT2D eigenvalue weighted by molar-refractivity contribution is -0.137. The second-order valence-corrected chi connectivity index (χ2v) is 4.51. The zero-order valence-electron chi connectivity index (χ0n) is 12.2. The Morgan fingerprint density at radius 3 is 2.33 bits per heavy atom. The summed E-state index contributed by atoms with van der Waals surface area (Å²) >= 11 is 0. The molecule has 132 valence electrons. The summed E-state index contributed by atoms with van der Waals surface area (Å²) in [6.45, 7) is -0.251. The van der Waals surface area contributed by atoms with Crippen LogP contribution >= 0.6 is 0 Å². The van der Waals surface area contributed by atoms with Crippen molar-refractivity contribution in [3.05, 3.63) is 29.8 Å². The third-order valence-corrected chi connectivity index (χ3v) is 2.66. The van der Waals surface area contributed by atoms with Crippen molar-refractivity contribution in [1.29, 1.82) is 0 Å². The van der Waals surface area contributed by atoms with Gasteiger partial charge in [0.25, 0.3) is 0 Å². The summed E-state index contributed by atoms with van der Waals surface area (Å²) in [5.41, 5.74) is 8.87. The van der Waals surface area contributed by atoms with Crippen molar-refractivity contribution in [3.8, 4) is 5.75 Å². The molecule has 0 heterocycles. The first-order valence-corrected chi connectivity index (χ1v) is 6.54. The number of alkyl halides is 3. The van der Waals surface area contributed by atoms with Crippen LogP contribution < -0.4 is 26.8 Å². The molecule has 24 heavy (non-hydrogen) atoms. The van der Waals surface area contributed by atoms with Crippen LogP contribution in [0.25, 0.3) is 0 Å². The van der Waals surface area contributed by atoms with E-state index in [-0.39, 0.29) is 18.9 Å². The van der Waals surface area contributed by atoms with Crippen LogP contribution in [-0.2, 0) is 15.8 Å². The molecule has 0 fully saturated rings. The van der Waals surface area contributed by atoms with Crippen LogP contribution in [0.5, 0.6) is 5.75 Å². The second kappa shape index (κ2) is 8.04. The summed E-state index contributed by atoms with van der Waals surface area (Å²) in [5, 5.41) is 4.17. The normalized spacial score (nSPS) is 11.0. The predicted molar refractivity (Wildman–Crippen MR) is 75.7 cm³/mol. The van der Waals surface area contributed by atoms with E-state index in [0.717, 1.165) is 12.1 Å². The van der Waals surface area contributed by atoms with Crippen LogP contribution in [0.15, 0.2) is 24.3 Å². The Kier molecular flexibility index (Phi) is 6.38. The van der Waals surface area contributed by atoms with Gasteiger partial charge in [-0.25, -0.2) is 4.79 Å². The number of ether oxygens (including phenoxy) is 1. The van der Waals surface area contributed by atoms with Crippen molar-refractivity contribution in [2.75, 3.05) is 13.2 Å². The average Bonchev–Trinajstić information content (AvgIpc) is 2.48. The summed E-state index contributed by atoms with van der Waals surface area (Å²) in [6.07, 6.45) is -4.49. The van der Waals surface area contributed by atoms with Gasteiger partial charge < -0.3 is 26.8 Å². The molecule has 0 bridgehead atoms. The van der Waals surface area contributed by atoms with Crippen LogP contribution in [-0.4, -0.2) is 37.0 Å². The fourth-order valence-corrected chi connectivity index (χ4v) is 1.56. The average molecular weight is 348 g/mol. The molecule has 11 heteroatoms. The molecule has 0 aliphatic heterocycles. The molecule has 0 atom stereocenters. The first-order valence-electron chi connectivity index (χ1n) is 6.54. The highest BCUT2D eigenvalue weighted by Crippen LogP contribution is 2.31. The minimum Gasteiger partial charge on any atom is -0.492 e. The van der Waals surface area contributed by atoms with E-state index in [4.69, 9.17) is 16.2 Å². The Morgan fingerprint density at radius 2 is 1.79 bits per heavy atom. The van der Waals surface area contributed by atoms with Crippen LogP contribution in [0.3, 0.4) is 0 Å². The van der Waals surface area contributed by atoms with Gasteiger partial charge in [-0.2, -0.15) is 13.2 Å². The van der Waals surface area contributed by atoms with E-state index in [9.17, 15) is 27.6 Å². The van der Waals surface area contributed by atoms with E-state index in [1.807, 2.05) is 5.32 Å². The summed E-state index contributed by atoms with van der Waals surface area (Å²) in [5.74, 6) is -2.28. The molecular weight excluding hydrogens is 333 g/mol. The standard InChI is InChI=1S/C13H15F3N4O4/c14-13(15,16)7-2-1-3-8(6-7)24-5-4-19-12(23)20-9(10(17)21)11(18)22/h1-3,6,9H,4-5H2,(H2,17,21)(H2,18,22)(H2,19,20,23). The van der Waals surface area contributed by atoms with E-state index < -0.39 is 35.6 Å². The second-order valence-electron chi connectivity index (χ2n) is 4.51. The molecule has 0 aliphatic rings. The van der Waals surface area contributed by atoms with Gasteiger partial charge in [-0.05, 0) is 18.2 Å². The topological polar surface area (TPSA) is 137 Å². The van der Waals surface area contributed by atoms with Crippen molar-refractivity contribution >= 4 is 17.8 Å². The molecule has 6 N–H and O–H groups in total. The maximum absolute atomic E-state index is 12.5. The minimum atomic E-state index is -4.49. The smallest absolute Gasteiger partial charge is 0.416 e. The molecule has 1 aromatic rings. The van der Waals surface area contributed by atoms with E-state index >= 15 is 0 Å². The van der Waals surface area contributed by atoms with Crippen molar-refractivity contribution in [2.45, 2.75) is 12.2 Å². The molecule has 1 aromatic carbocycles. The molecule has 8 nitrogen and oxygen atoms in total. The summed E-state index contributed by atoms with van der Waals surface area (Å²) in [4.78, 5) is 33.2. The molecular formula is C13H15F3N4O4. The first-order chi connectivity index (χ1) is 11.1. The zero-order valence-corrected chi connectivity index (χ0v) is 12.2. The highest BCUT2D eigenvalue weighted by atomic mass is 19.4.